The summed E-state index contributed by atoms with van der Waals surface area (Å²) in [5.74, 6) is -0.469. The fourth-order valence-electron chi connectivity index (χ4n) is 1.58. The predicted octanol–water partition coefficient (Wildman–Crippen LogP) is 3.48. The van der Waals surface area contributed by atoms with Gasteiger partial charge >= 0.3 is 6.09 Å². The van der Waals surface area contributed by atoms with Gasteiger partial charge in [0.25, 0.3) is 5.69 Å². The molecule has 0 aliphatic heterocycles. The Morgan fingerprint density at radius 2 is 1.95 bits per heavy atom. The second-order valence-electron chi connectivity index (χ2n) is 4.14. The van der Waals surface area contributed by atoms with E-state index in [2.05, 4.69) is 5.32 Å². The lowest BCUT2D eigenvalue weighted by Gasteiger charge is -2.07. The monoisotopic (exact) mass is 290 g/mol. The fourth-order valence-corrected chi connectivity index (χ4v) is 1.58. The van der Waals surface area contributed by atoms with Gasteiger partial charge in [-0.1, -0.05) is 6.07 Å². The number of carbonyl (C=O) groups is 1. The summed E-state index contributed by atoms with van der Waals surface area (Å²) in [6.45, 7) is -0.0425. The number of anilines is 1. The summed E-state index contributed by atoms with van der Waals surface area (Å²) in [4.78, 5) is 21.5. The molecule has 1 N–H and O–H groups in total. The number of ether oxygens (including phenoxy) is 1. The van der Waals surface area contributed by atoms with Crippen molar-refractivity contribution in [1.29, 1.82) is 0 Å². The van der Waals surface area contributed by atoms with Crippen molar-refractivity contribution in [2.45, 2.75) is 6.61 Å². The van der Waals surface area contributed by atoms with Crippen LogP contribution in [0.15, 0.2) is 48.5 Å². The molecule has 6 nitrogen and oxygen atoms in total. The van der Waals surface area contributed by atoms with Crippen LogP contribution in [0.3, 0.4) is 0 Å². The maximum Gasteiger partial charge on any atom is 0.411 e. The Balaban J connectivity index is 1.87. The topological polar surface area (TPSA) is 81.5 Å². The molecule has 1 amide bonds. The van der Waals surface area contributed by atoms with E-state index in [1.807, 2.05) is 0 Å². The number of halogens is 1. The molecular weight excluding hydrogens is 279 g/mol. The van der Waals surface area contributed by atoms with Crippen LogP contribution in [-0.2, 0) is 11.3 Å². The van der Waals surface area contributed by atoms with E-state index >= 15 is 0 Å². The van der Waals surface area contributed by atoms with Gasteiger partial charge in [-0.3, -0.25) is 15.4 Å². The lowest BCUT2D eigenvalue weighted by atomic mass is 10.2. The molecule has 0 atom stereocenters. The summed E-state index contributed by atoms with van der Waals surface area (Å²) in [6.07, 6.45) is -0.737. The number of nitrogens with one attached hydrogen (secondary N) is 1. The van der Waals surface area contributed by atoms with Crippen molar-refractivity contribution in [1.82, 2.24) is 0 Å². The summed E-state index contributed by atoms with van der Waals surface area (Å²) in [7, 11) is 0. The van der Waals surface area contributed by atoms with Crippen LogP contribution in [0.2, 0.25) is 0 Å². The van der Waals surface area contributed by atoms with Gasteiger partial charge in [0.1, 0.15) is 12.4 Å². The molecule has 0 aromatic heterocycles. The van der Waals surface area contributed by atoms with E-state index in [1.165, 1.54) is 42.5 Å². The summed E-state index contributed by atoms with van der Waals surface area (Å²) < 4.78 is 17.9. The van der Waals surface area contributed by atoms with Gasteiger partial charge in [-0.2, -0.15) is 0 Å². The minimum atomic E-state index is -0.737. The molecule has 0 aliphatic carbocycles. The molecule has 0 spiro atoms. The molecule has 2 aromatic carbocycles. The van der Waals surface area contributed by atoms with Crippen molar-refractivity contribution in [3.63, 3.8) is 0 Å². The molecule has 108 valence electrons. The molecule has 2 aromatic rings. The van der Waals surface area contributed by atoms with Gasteiger partial charge in [-0.05, 0) is 35.9 Å². The van der Waals surface area contributed by atoms with Gasteiger partial charge < -0.3 is 4.74 Å². The average Bonchev–Trinajstić information content (AvgIpc) is 2.45. The summed E-state index contributed by atoms with van der Waals surface area (Å²) >= 11 is 0. The summed E-state index contributed by atoms with van der Waals surface area (Å²) in [6, 6.07) is 11.0. The molecule has 0 heterocycles. The Morgan fingerprint density at radius 3 is 2.57 bits per heavy atom. The van der Waals surface area contributed by atoms with Crippen LogP contribution in [-0.4, -0.2) is 11.0 Å². The highest BCUT2D eigenvalue weighted by Gasteiger charge is 2.07. The van der Waals surface area contributed by atoms with E-state index in [4.69, 9.17) is 4.74 Å². The smallest absolute Gasteiger partial charge is 0.411 e. The van der Waals surface area contributed by atoms with E-state index < -0.39 is 16.8 Å². The van der Waals surface area contributed by atoms with Crippen LogP contribution in [0.5, 0.6) is 0 Å². The Hall–Kier alpha value is -2.96. The quantitative estimate of drug-likeness (QED) is 0.690. The lowest BCUT2D eigenvalue weighted by molar-refractivity contribution is -0.384. The third-order valence-electron chi connectivity index (χ3n) is 2.59. The Kier molecular flexibility index (Phi) is 4.45. The van der Waals surface area contributed by atoms with Crippen molar-refractivity contribution in [3.8, 4) is 0 Å². The van der Waals surface area contributed by atoms with Crippen molar-refractivity contribution in [2.24, 2.45) is 0 Å². The first-order chi connectivity index (χ1) is 10.0. The van der Waals surface area contributed by atoms with Gasteiger partial charge in [0, 0.05) is 17.8 Å². The number of hydrogen-bond donors (Lipinski definition) is 1. The van der Waals surface area contributed by atoms with E-state index in [9.17, 15) is 19.3 Å². The Morgan fingerprint density at radius 1 is 1.24 bits per heavy atom. The maximum absolute atomic E-state index is 12.9. The van der Waals surface area contributed by atoms with E-state index in [0.717, 1.165) is 6.07 Å². The lowest BCUT2D eigenvalue weighted by Crippen LogP contribution is -2.13. The molecule has 21 heavy (non-hydrogen) atoms. The van der Waals surface area contributed by atoms with Crippen LogP contribution in [0, 0.1) is 15.9 Å². The second kappa shape index (κ2) is 6.47. The zero-order valence-corrected chi connectivity index (χ0v) is 10.8. The van der Waals surface area contributed by atoms with Gasteiger partial charge in [0.05, 0.1) is 4.92 Å². The number of rotatable bonds is 4. The molecule has 0 fully saturated rings. The highest BCUT2D eigenvalue weighted by atomic mass is 19.1. The predicted molar refractivity (Wildman–Crippen MR) is 73.3 cm³/mol. The summed E-state index contributed by atoms with van der Waals surface area (Å²) in [5, 5.41) is 12.9. The van der Waals surface area contributed by atoms with Gasteiger partial charge in [0.2, 0.25) is 0 Å². The average molecular weight is 290 g/mol. The zero-order chi connectivity index (χ0) is 15.2. The Bertz CT molecular complexity index is 658. The van der Waals surface area contributed by atoms with E-state index in [1.54, 1.807) is 0 Å². The largest absolute Gasteiger partial charge is 0.444 e. The number of benzene rings is 2. The molecule has 2 rings (SSSR count). The molecule has 0 saturated carbocycles. The zero-order valence-electron chi connectivity index (χ0n) is 10.8. The van der Waals surface area contributed by atoms with Gasteiger partial charge in [-0.25, -0.2) is 9.18 Å². The number of nitrogens with zero attached hydrogens (tertiary/aromatic N) is 1. The number of amides is 1. The molecule has 7 heteroatoms. The van der Waals surface area contributed by atoms with Crippen molar-refractivity contribution >= 4 is 17.5 Å². The minimum Gasteiger partial charge on any atom is -0.444 e. The first-order valence-electron chi connectivity index (χ1n) is 5.97. The first-order valence-corrected chi connectivity index (χ1v) is 5.97. The minimum absolute atomic E-state index is 0.0389. The van der Waals surface area contributed by atoms with E-state index in [0.29, 0.717) is 5.56 Å². The van der Waals surface area contributed by atoms with Crippen LogP contribution >= 0.6 is 0 Å². The SMILES string of the molecule is O=C(Nc1cccc(F)c1)OCc1ccc([N+](=O)[O-])cc1. The first kappa shape index (κ1) is 14.4. The molecular formula is C14H11FN2O4. The number of non-ortho nitro benzene ring substituents is 1. The van der Waals surface area contributed by atoms with Crippen LogP contribution in [0.1, 0.15) is 5.56 Å². The molecule has 0 unspecified atom stereocenters. The van der Waals surface area contributed by atoms with Crippen molar-refractivity contribution in [3.05, 3.63) is 70.0 Å². The second-order valence-corrected chi connectivity index (χ2v) is 4.14. The standard InChI is InChI=1S/C14H11FN2O4/c15-11-2-1-3-12(8-11)16-14(18)21-9-10-4-6-13(7-5-10)17(19)20/h1-8H,9H2,(H,16,18). The third-order valence-corrected chi connectivity index (χ3v) is 2.59. The fraction of sp³-hybridized carbons (Fsp3) is 0.0714. The van der Waals surface area contributed by atoms with Crippen molar-refractivity contribution in [2.75, 3.05) is 5.32 Å². The molecule has 0 aliphatic rings. The number of nitro groups is 1. The highest BCUT2D eigenvalue weighted by Crippen LogP contribution is 2.13. The third kappa shape index (κ3) is 4.27. The van der Waals surface area contributed by atoms with Crippen molar-refractivity contribution < 1.29 is 18.8 Å². The van der Waals surface area contributed by atoms with Crippen LogP contribution in [0.25, 0.3) is 0 Å². The van der Waals surface area contributed by atoms with Crippen LogP contribution in [0.4, 0.5) is 20.6 Å². The maximum atomic E-state index is 12.9. The van der Waals surface area contributed by atoms with E-state index in [-0.39, 0.29) is 18.0 Å². The van der Waals surface area contributed by atoms with Crippen LogP contribution < -0.4 is 5.32 Å². The number of carbonyl (C=O) groups excluding carboxylic acids is 1. The molecule has 0 radical (unpaired) electrons. The number of nitro benzene ring substituents is 1. The van der Waals surface area contributed by atoms with Gasteiger partial charge in [0.15, 0.2) is 0 Å². The Labute approximate surface area is 119 Å². The van der Waals surface area contributed by atoms with Gasteiger partial charge in [-0.15, -0.1) is 0 Å². The molecule has 0 bridgehead atoms. The highest BCUT2D eigenvalue weighted by molar-refractivity contribution is 5.84. The molecule has 0 saturated heterocycles. The summed E-state index contributed by atoms with van der Waals surface area (Å²) in [5.41, 5.74) is 0.849. The normalized spacial score (nSPS) is 9.95. The number of hydrogen-bond acceptors (Lipinski definition) is 4.